The van der Waals surface area contributed by atoms with Gasteiger partial charge in [-0.15, -0.1) is 10.2 Å². The zero-order valence-corrected chi connectivity index (χ0v) is 19.6. The zero-order valence-electron chi connectivity index (χ0n) is 19.6. The van der Waals surface area contributed by atoms with Gasteiger partial charge in [-0.1, -0.05) is 49.3 Å². The van der Waals surface area contributed by atoms with E-state index >= 15 is 0 Å². The Kier molecular flexibility index (Phi) is 7.15. The van der Waals surface area contributed by atoms with Crippen LogP contribution in [0.4, 0.5) is 0 Å². The van der Waals surface area contributed by atoms with Crippen LogP contribution < -0.4 is 5.32 Å². The minimum Gasteiger partial charge on any atom is -0.421 e. The van der Waals surface area contributed by atoms with E-state index in [0.29, 0.717) is 29.6 Å². The van der Waals surface area contributed by atoms with Crippen molar-refractivity contribution in [2.75, 3.05) is 6.54 Å². The molecule has 4 rings (SSSR count). The van der Waals surface area contributed by atoms with Crippen LogP contribution in [0.25, 0.3) is 11.5 Å². The minimum atomic E-state index is 0.445. The molecule has 0 spiro atoms. The van der Waals surface area contributed by atoms with Gasteiger partial charge in [0, 0.05) is 31.3 Å². The van der Waals surface area contributed by atoms with E-state index in [1.165, 1.54) is 11.1 Å². The maximum atomic E-state index is 6.03. The predicted molar refractivity (Wildman–Crippen MR) is 128 cm³/mol. The highest BCUT2D eigenvalue weighted by Crippen LogP contribution is 2.38. The molecule has 0 bridgehead atoms. The number of nitrogens with one attached hydrogen (secondary N) is 1. The van der Waals surface area contributed by atoms with Crippen LogP contribution in [-0.2, 0) is 13.0 Å². The molecular weight excluding hydrogens is 396 g/mol. The highest BCUT2D eigenvalue weighted by atomic mass is 16.4. The molecule has 0 radical (unpaired) electrons. The first-order valence-electron chi connectivity index (χ1n) is 11.7. The molecule has 0 amide bonds. The van der Waals surface area contributed by atoms with Crippen molar-refractivity contribution in [1.29, 1.82) is 0 Å². The first-order chi connectivity index (χ1) is 15.5. The minimum absolute atomic E-state index is 0.445. The van der Waals surface area contributed by atoms with Crippen LogP contribution in [0.5, 0.6) is 0 Å². The second-order valence-corrected chi connectivity index (χ2v) is 9.44. The van der Waals surface area contributed by atoms with Crippen molar-refractivity contribution in [3.63, 3.8) is 0 Å². The molecule has 2 heterocycles. The van der Waals surface area contributed by atoms with Crippen molar-refractivity contribution in [2.45, 2.75) is 47.1 Å². The molecule has 5 nitrogen and oxygen atoms in total. The Labute approximate surface area is 191 Å². The lowest BCUT2D eigenvalue weighted by atomic mass is 9.70. The lowest BCUT2D eigenvalue weighted by Crippen LogP contribution is -2.34. The summed E-state index contributed by atoms with van der Waals surface area (Å²) in [5.41, 5.74) is 4.72. The van der Waals surface area contributed by atoms with E-state index in [1.54, 1.807) is 0 Å². The molecule has 1 aliphatic rings. The number of hydrogen-bond donors (Lipinski definition) is 1. The van der Waals surface area contributed by atoms with E-state index in [-0.39, 0.29) is 0 Å². The highest BCUT2D eigenvalue weighted by molar-refractivity contribution is 5.52. The third-order valence-electron chi connectivity index (χ3n) is 6.68. The number of allylic oxidation sites excluding steroid dienone is 1. The van der Waals surface area contributed by atoms with Gasteiger partial charge in [0.25, 0.3) is 0 Å². The molecule has 0 aliphatic heterocycles. The van der Waals surface area contributed by atoms with E-state index in [0.717, 1.165) is 43.1 Å². The number of pyridine rings is 1. The van der Waals surface area contributed by atoms with Gasteiger partial charge in [0.2, 0.25) is 11.8 Å². The van der Waals surface area contributed by atoms with E-state index < -0.39 is 0 Å². The average Bonchev–Trinajstić information content (AvgIpc) is 3.25. The first kappa shape index (κ1) is 22.4. The molecule has 3 aromatic rings. The third kappa shape index (κ3) is 5.52. The fraction of sp³-hybridized carbons (Fsp3) is 0.444. The molecule has 0 saturated carbocycles. The smallest absolute Gasteiger partial charge is 0.247 e. The molecule has 32 heavy (non-hydrogen) atoms. The number of hydrogen-bond acceptors (Lipinski definition) is 5. The second-order valence-electron chi connectivity index (χ2n) is 9.44. The summed E-state index contributed by atoms with van der Waals surface area (Å²) in [6, 6.07) is 14.3. The van der Waals surface area contributed by atoms with Gasteiger partial charge in [-0.3, -0.25) is 4.98 Å². The summed E-state index contributed by atoms with van der Waals surface area (Å²) in [6.45, 7) is 10.8. The van der Waals surface area contributed by atoms with E-state index in [2.05, 4.69) is 72.5 Å². The van der Waals surface area contributed by atoms with E-state index in [9.17, 15) is 0 Å². The fourth-order valence-electron chi connectivity index (χ4n) is 4.74. The van der Waals surface area contributed by atoms with Gasteiger partial charge < -0.3 is 9.73 Å². The number of rotatable bonds is 8. The summed E-state index contributed by atoms with van der Waals surface area (Å²) >= 11 is 0. The van der Waals surface area contributed by atoms with Crippen molar-refractivity contribution in [3.8, 4) is 11.5 Å². The van der Waals surface area contributed by atoms with Crippen LogP contribution >= 0.6 is 0 Å². The third-order valence-corrected chi connectivity index (χ3v) is 6.68. The Hall–Kier alpha value is -2.79. The SMILES string of the molecule is CC1=CC(CNCc2ccccn2)C(C(C)C)CC1Cc1nnc(-c2ccc(C)cc2)o1. The molecule has 0 fully saturated rings. The molecule has 1 N–H and O–H groups in total. The summed E-state index contributed by atoms with van der Waals surface area (Å²) < 4.78 is 6.03. The van der Waals surface area contributed by atoms with Crippen LogP contribution in [0.15, 0.2) is 64.7 Å². The Morgan fingerprint density at radius 3 is 2.59 bits per heavy atom. The van der Waals surface area contributed by atoms with Crippen molar-refractivity contribution in [2.24, 2.45) is 23.7 Å². The monoisotopic (exact) mass is 430 g/mol. The zero-order chi connectivity index (χ0) is 22.5. The second kappa shape index (κ2) is 10.2. The Bertz CT molecular complexity index is 1020. The van der Waals surface area contributed by atoms with Crippen LogP contribution in [0.2, 0.25) is 0 Å². The van der Waals surface area contributed by atoms with Gasteiger partial charge >= 0.3 is 0 Å². The topological polar surface area (TPSA) is 63.8 Å². The largest absolute Gasteiger partial charge is 0.421 e. The Morgan fingerprint density at radius 2 is 1.88 bits per heavy atom. The van der Waals surface area contributed by atoms with Crippen LogP contribution in [0, 0.1) is 30.6 Å². The normalized spacial score (nSPS) is 21.0. The maximum Gasteiger partial charge on any atom is 0.247 e. The van der Waals surface area contributed by atoms with Gasteiger partial charge in [-0.2, -0.15) is 0 Å². The molecular formula is C27H34N4O. The Balaban J connectivity index is 1.40. The number of aromatic nitrogens is 3. The first-order valence-corrected chi connectivity index (χ1v) is 11.7. The lowest BCUT2D eigenvalue weighted by Gasteiger charge is -2.37. The number of aryl methyl sites for hydroxylation is 1. The van der Waals surface area contributed by atoms with Gasteiger partial charge in [0.1, 0.15) is 0 Å². The Morgan fingerprint density at radius 1 is 1.06 bits per heavy atom. The van der Waals surface area contributed by atoms with Gasteiger partial charge in [-0.25, -0.2) is 0 Å². The molecule has 5 heteroatoms. The van der Waals surface area contributed by atoms with Crippen molar-refractivity contribution in [1.82, 2.24) is 20.5 Å². The standard InChI is InChI=1S/C27H34N4O/c1-18(2)25-14-22(15-26-30-31-27(32-26)21-10-8-19(3)9-11-21)20(4)13-23(25)16-28-17-24-7-5-6-12-29-24/h5-13,18,22-23,25,28H,14-17H2,1-4H3. The molecule has 3 atom stereocenters. The lowest BCUT2D eigenvalue weighted by molar-refractivity contribution is 0.218. The molecule has 2 aromatic heterocycles. The van der Waals surface area contributed by atoms with Gasteiger partial charge in [0.05, 0.1) is 5.69 Å². The predicted octanol–water partition coefficient (Wildman–Crippen LogP) is 5.63. The van der Waals surface area contributed by atoms with Crippen LogP contribution in [-0.4, -0.2) is 21.7 Å². The molecule has 1 aliphatic carbocycles. The summed E-state index contributed by atoms with van der Waals surface area (Å²) in [5.74, 6) is 3.55. The van der Waals surface area contributed by atoms with E-state index in [4.69, 9.17) is 4.42 Å². The molecule has 0 saturated heterocycles. The fourth-order valence-corrected chi connectivity index (χ4v) is 4.74. The van der Waals surface area contributed by atoms with Gasteiger partial charge in [0.15, 0.2) is 0 Å². The van der Waals surface area contributed by atoms with Crippen molar-refractivity contribution >= 4 is 0 Å². The number of nitrogens with zero attached hydrogens (tertiary/aromatic N) is 3. The van der Waals surface area contributed by atoms with Crippen molar-refractivity contribution < 1.29 is 4.42 Å². The van der Waals surface area contributed by atoms with E-state index in [1.807, 2.05) is 30.5 Å². The van der Waals surface area contributed by atoms with Gasteiger partial charge in [-0.05, 0) is 68.2 Å². The molecule has 168 valence electrons. The summed E-state index contributed by atoms with van der Waals surface area (Å²) in [7, 11) is 0. The van der Waals surface area contributed by atoms with Crippen molar-refractivity contribution in [3.05, 3.63) is 77.5 Å². The highest BCUT2D eigenvalue weighted by Gasteiger charge is 2.32. The van der Waals surface area contributed by atoms with Crippen LogP contribution in [0.1, 0.15) is 44.3 Å². The maximum absolute atomic E-state index is 6.03. The van der Waals surface area contributed by atoms with Crippen LogP contribution in [0.3, 0.4) is 0 Å². The number of benzene rings is 1. The quantitative estimate of drug-likeness (QED) is 0.470. The molecule has 3 unspecified atom stereocenters. The summed E-state index contributed by atoms with van der Waals surface area (Å²) in [5, 5.41) is 12.3. The summed E-state index contributed by atoms with van der Waals surface area (Å²) in [4.78, 5) is 4.42. The summed E-state index contributed by atoms with van der Waals surface area (Å²) in [6.07, 6.45) is 6.28. The molecule has 1 aromatic carbocycles. The average molecular weight is 431 g/mol.